The monoisotopic (exact) mass is 236 g/mol. The number of phenolic OH excluding ortho intramolecular Hbond substituents is 1. The molecule has 0 heterocycles. The van der Waals surface area contributed by atoms with Crippen LogP contribution in [0.2, 0.25) is 0 Å². The zero-order chi connectivity index (χ0) is 13.4. The molecule has 2 N–H and O–H groups in total. The van der Waals surface area contributed by atoms with E-state index >= 15 is 0 Å². The smallest absolute Gasteiger partial charge is 0.304 e. The van der Waals surface area contributed by atoms with Gasteiger partial charge in [-0.3, -0.25) is 4.79 Å². The van der Waals surface area contributed by atoms with Crippen molar-refractivity contribution in [3.05, 3.63) is 28.3 Å². The minimum atomic E-state index is -0.808. The van der Waals surface area contributed by atoms with Gasteiger partial charge in [0.2, 0.25) is 0 Å². The Bertz CT molecular complexity index is 459. The summed E-state index contributed by atoms with van der Waals surface area (Å²) < 4.78 is 0. The number of carbonyl (C=O) groups is 1. The van der Waals surface area contributed by atoms with E-state index in [1.54, 1.807) is 0 Å². The van der Waals surface area contributed by atoms with E-state index in [0.29, 0.717) is 5.75 Å². The standard InChI is InChI=1S/C14H20O3/c1-8-6-11(9(2)10(3)13(8)17)14(4,5)7-12(15)16/h6,17H,7H2,1-5H3,(H,15,16). The van der Waals surface area contributed by atoms with Crippen molar-refractivity contribution < 1.29 is 15.0 Å². The third-order valence-electron chi connectivity index (χ3n) is 3.38. The number of hydrogen-bond acceptors (Lipinski definition) is 2. The maximum atomic E-state index is 10.9. The van der Waals surface area contributed by atoms with Gasteiger partial charge in [0.1, 0.15) is 5.75 Å². The molecule has 0 spiro atoms. The van der Waals surface area contributed by atoms with E-state index in [1.807, 2.05) is 40.7 Å². The molecule has 0 unspecified atom stereocenters. The summed E-state index contributed by atoms with van der Waals surface area (Å²) in [5.74, 6) is -0.504. The Hall–Kier alpha value is -1.51. The second kappa shape index (κ2) is 4.40. The average Bonchev–Trinajstić information content (AvgIpc) is 2.18. The fourth-order valence-electron chi connectivity index (χ4n) is 2.24. The van der Waals surface area contributed by atoms with Gasteiger partial charge in [-0.05, 0) is 43.0 Å². The Balaban J connectivity index is 3.37. The van der Waals surface area contributed by atoms with E-state index in [1.165, 1.54) is 0 Å². The highest BCUT2D eigenvalue weighted by atomic mass is 16.4. The van der Waals surface area contributed by atoms with Crippen LogP contribution in [0.1, 0.15) is 42.5 Å². The average molecular weight is 236 g/mol. The quantitative estimate of drug-likeness (QED) is 0.848. The van der Waals surface area contributed by atoms with Gasteiger partial charge in [0.05, 0.1) is 6.42 Å². The van der Waals surface area contributed by atoms with Crippen molar-refractivity contribution in [2.24, 2.45) is 0 Å². The number of benzene rings is 1. The molecule has 17 heavy (non-hydrogen) atoms. The van der Waals surface area contributed by atoms with Gasteiger partial charge >= 0.3 is 5.97 Å². The molecule has 0 aromatic heterocycles. The van der Waals surface area contributed by atoms with Crippen molar-refractivity contribution in [1.29, 1.82) is 0 Å². The summed E-state index contributed by atoms with van der Waals surface area (Å²) in [7, 11) is 0. The summed E-state index contributed by atoms with van der Waals surface area (Å²) >= 11 is 0. The summed E-state index contributed by atoms with van der Waals surface area (Å²) in [6.45, 7) is 9.45. The van der Waals surface area contributed by atoms with Gasteiger partial charge < -0.3 is 10.2 Å². The number of aliphatic carboxylic acids is 1. The molecule has 1 rings (SSSR count). The van der Waals surface area contributed by atoms with Crippen LogP contribution in [0.4, 0.5) is 0 Å². The summed E-state index contributed by atoms with van der Waals surface area (Å²) in [6, 6.07) is 1.89. The van der Waals surface area contributed by atoms with Crippen LogP contribution < -0.4 is 0 Å². The third kappa shape index (κ3) is 2.60. The Morgan fingerprint density at radius 2 is 1.76 bits per heavy atom. The molecule has 1 aromatic rings. The molecule has 0 amide bonds. The molecule has 0 fully saturated rings. The second-order valence-electron chi connectivity index (χ2n) is 5.29. The van der Waals surface area contributed by atoms with Crippen LogP contribution in [0, 0.1) is 20.8 Å². The molecular formula is C14H20O3. The molecule has 3 nitrogen and oxygen atoms in total. The van der Waals surface area contributed by atoms with Gasteiger partial charge in [0.25, 0.3) is 0 Å². The number of carboxylic acids is 1. The number of carboxylic acid groups (broad SMARTS) is 1. The largest absolute Gasteiger partial charge is 0.507 e. The highest BCUT2D eigenvalue weighted by molar-refractivity contribution is 5.69. The number of phenols is 1. The van der Waals surface area contributed by atoms with E-state index < -0.39 is 11.4 Å². The highest BCUT2D eigenvalue weighted by Gasteiger charge is 2.27. The van der Waals surface area contributed by atoms with Crippen molar-refractivity contribution >= 4 is 5.97 Å². The van der Waals surface area contributed by atoms with Crippen molar-refractivity contribution in [3.8, 4) is 5.75 Å². The normalized spacial score (nSPS) is 11.6. The molecular weight excluding hydrogens is 216 g/mol. The van der Waals surface area contributed by atoms with Gasteiger partial charge in [-0.1, -0.05) is 19.9 Å². The fraction of sp³-hybridized carbons (Fsp3) is 0.500. The summed E-state index contributed by atoms with van der Waals surface area (Å²) in [6.07, 6.45) is 0.0808. The highest BCUT2D eigenvalue weighted by Crippen LogP contribution is 2.36. The minimum Gasteiger partial charge on any atom is -0.507 e. The molecule has 0 aliphatic heterocycles. The SMILES string of the molecule is Cc1cc(C(C)(C)CC(=O)O)c(C)c(C)c1O. The molecule has 3 heteroatoms. The summed E-state index contributed by atoms with van der Waals surface area (Å²) in [4.78, 5) is 10.9. The predicted octanol–water partition coefficient (Wildman–Crippen LogP) is 3.07. The second-order valence-corrected chi connectivity index (χ2v) is 5.29. The van der Waals surface area contributed by atoms with Crippen LogP contribution >= 0.6 is 0 Å². The van der Waals surface area contributed by atoms with Gasteiger partial charge in [-0.15, -0.1) is 0 Å². The number of aryl methyl sites for hydroxylation is 1. The zero-order valence-electron chi connectivity index (χ0n) is 11.1. The lowest BCUT2D eigenvalue weighted by Crippen LogP contribution is -2.23. The number of rotatable bonds is 3. The zero-order valence-corrected chi connectivity index (χ0v) is 11.1. The van der Waals surface area contributed by atoms with Crippen molar-refractivity contribution in [1.82, 2.24) is 0 Å². The van der Waals surface area contributed by atoms with Gasteiger partial charge in [-0.25, -0.2) is 0 Å². The first-order valence-corrected chi connectivity index (χ1v) is 5.69. The minimum absolute atomic E-state index is 0.0808. The third-order valence-corrected chi connectivity index (χ3v) is 3.38. The van der Waals surface area contributed by atoms with Crippen LogP contribution in [0.3, 0.4) is 0 Å². The van der Waals surface area contributed by atoms with Gasteiger partial charge in [-0.2, -0.15) is 0 Å². The maximum Gasteiger partial charge on any atom is 0.304 e. The lowest BCUT2D eigenvalue weighted by atomic mass is 9.77. The molecule has 0 bridgehead atoms. The molecule has 0 aliphatic carbocycles. The Morgan fingerprint density at radius 3 is 2.24 bits per heavy atom. The first-order valence-electron chi connectivity index (χ1n) is 5.69. The van der Waals surface area contributed by atoms with E-state index in [9.17, 15) is 9.90 Å². The Kier molecular flexibility index (Phi) is 3.51. The molecule has 0 saturated heterocycles. The maximum absolute atomic E-state index is 10.9. The first-order chi connectivity index (χ1) is 7.66. The van der Waals surface area contributed by atoms with E-state index in [2.05, 4.69) is 0 Å². The molecule has 1 aromatic carbocycles. The van der Waals surface area contributed by atoms with Gasteiger partial charge in [0.15, 0.2) is 0 Å². The molecule has 0 aliphatic rings. The van der Waals surface area contributed by atoms with Crippen LogP contribution in [0.25, 0.3) is 0 Å². The first kappa shape index (κ1) is 13.6. The molecule has 0 atom stereocenters. The topological polar surface area (TPSA) is 57.5 Å². The molecule has 0 saturated carbocycles. The molecule has 94 valence electrons. The Morgan fingerprint density at radius 1 is 1.24 bits per heavy atom. The van der Waals surface area contributed by atoms with Crippen molar-refractivity contribution in [2.75, 3.05) is 0 Å². The van der Waals surface area contributed by atoms with E-state index in [4.69, 9.17) is 5.11 Å². The van der Waals surface area contributed by atoms with Crippen molar-refractivity contribution in [3.63, 3.8) is 0 Å². The van der Waals surface area contributed by atoms with Crippen molar-refractivity contribution in [2.45, 2.75) is 46.5 Å². The Labute approximate surface area is 102 Å². The van der Waals surface area contributed by atoms with Crippen LogP contribution in [-0.4, -0.2) is 16.2 Å². The summed E-state index contributed by atoms with van der Waals surface area (Å²) in [5.41, 5.74) is 3.16. The van der Waals surface area contributed by atoms with Gasteiger partial charge in [0, 0.05) is 5.41 Å². The lowest BCUT2D eigenvalue weighted by Gasteiger charge is -2.27. The van der Waals surface area contributed by atoms with Crippen LogP contribution in [-0.2, 0) is 10.2 Å². The number of hydrogen-bond donors (Lipinski definition) is 2. The van der Waals surface area contributed by atoms with Crippen LogP contribution in [0.5, 0.6) is 5.75 Å². The van der Waals surface area contributed by atoms with E-state index in [-0.39, 0.29) is 6.42 Å². The van der Waals surface area contributed by atoms with E-state index in [0.717, 1.165) is 22.3 Å². The summed E-state index contributed by atoms with van der Waals surface area (Å²) in [5, 5.41) is 18.8. The van der Waals surface area contributed by atoms with Crippen LogP contribution in [0.15, 0.2) is 6.07 Å². The molecule has 0 radical (unpaired) electrons. The number of aromatic hydroxyl groups is 1. The lowest BCUT2D eigenvalue weighted by molar-refractivity contribution is -0.138. The fourth-order valence-corrected chi connectivity index (χ4v) is 2.24. The predicted molar refractivity (Wildman–Crippen MR) is 67.6 cm³/mol.